The van der Waals surface area contributed by atoms with Crippen molar-refractivity contribution in [2.24, 2.45) is 7.05 Å². The summed E-state index contributed by atoms with van der Waals surface area (Å²) in [7, 11) is 6.06. The van der Waals surface area contributed by atoms with E-state index in [-0.39, 0.29) is 12.4 Å². The first-order valence-corrected chi connectivity index (χ1v) is 8.33. The van der Waals surface area contributed by atoms with Gasteiger partial charge in [0.15, 0.2) is 0 Å². The Labute approximate surface area is 160 Å². The SMILES string of the molecule is Cc1nn(C)c(N(C)C)c1CNCc1cccnc1-n1ccnc1C.Cl. The van der Waals surface area contributed by atoms with Crippen molar-refractivity contribution >= 4 is 18.2 Å². The summed E-state index contributed by atoms with van der Waals surface area (Å²) in [5, 5.41) is 8.07. The lowest BCUT2D eigenvalue weighted by atomic mass is 10.2. The summed E-state index contributed by atoms with van der Waals surface area (Å²) in [4.78, 5) is 10.9. The van der Waals surface area contributed by atoms with Gasteiger partial charge in [-0.05, 0) is 19.9 Å². The fourth-order valence-electron chi connectivity index (χ4n) is 3.17. The van der Waals surface area contributed by atoms with Gasteiger partial charge < -0.3 is 10.2 Å². The van der Waals surface area contributed by atoms with Crippen LogP contribution in [0, 0.1) is 13.8 Å². The van der Waals surface area contributed by atoms with Gasteiger partial charge in [-0.2, -0.15) is 5.10 Å². The third-order valence-electron chi connectivity index (χ3n) is 4.28. The average Bonchev–Trinajstić information content (AvgIpc) is 3.11. The van der Waals surface area contributed by atoms with Crippen LogP contribution in [0.4, 0.5) is 5.82 Å². The van der Waals surface area contributed by atoms with Crippen LogP contribution in [0.15, 0.2) is 30.7 Å². The molecular formula is C18H26ClN7. The predicted molar refractivity (Wildman–Crippen MR) is 106 cm³/mol. The summed E-state index contributed by atoms with van der Waals surface area (Å²) < 4.78 is 3.94. The van der Waals surface area contributed by atoms with Crippen molar-refractivity contribution in [1.29, 1.82) is 0 Å². The molecule has 0 saturated heterocycles. The number of anilines is 1. The van der Waals surface area contributed by atoms with E-state index in [2.05, 4.69) is 31.3 Å². The maximum absolute atomic E-state index is 4.54. The van der Waals surface area contributed by atoms with E-state index in [1.54, 1.807) is 6.20 Å². The Balaban J connectivity index is 0.00000243. The number of halogens is 1. The number of pyridine rings is 1. The third-order valence-corrected chi connectivity index (χ3v) is 4.28. The number of imidazole rings is 1. The second-order valence-electron chi connectivity index (χ2n) is 6.34. The first-order chi connectivity index (χ1) is 12.0. The van der Waals surface area contributed by atoms with Gasteiger partial charge in [0.1, 0.15) is 17.5 Å². The van der Waals surface area contributed by atoms with Crippen molar-refractivity contribution in [2.45, 2.75) is 26.9 Å². The van der Waals surface area contributed by atoms with E-state index in [4.69, 9.17) is 0 Å². The summed E-state index contributed by atoms with van der Waals surface area (Å²) >= 11 is 0. The summed E-state index contributed by atoms with van der Waals surface area (Å²) in [6.45, 7) is 5.51. The van der Waals surface area contributed by atoms with E-state index >= 15 is 0 Å². The Kier molecular flexibility index (Phi) is 6.39. The van der Waals surface area contributed by atoms with Gasteiger partial charge >= 0.3 is 0 Å². The van der Waals surface area contributed by atoms with Crippen LogP contribution >= 0.6 is 12.4 Å². The lowest BCUT2D eigenvalue weighted by Crippen LogP contribution is -2.19. The molecule has 0 aliphatic carbocycles. The number of aromatic nitrogens is 5. The summed E-state index contributed by atoms with van der Waals surface area (Å²) in [5.41, 5.74) is 3.41. The van der Waals surface area contributed by atoms with Crippen LogP contribution in [-0.4, -0.2) is 38.4 Å². The summed E-state index contributed by atoms with van der Waals surface area (Å²) in [6, 6.07) is 4.06. The minimum Gasteiger partial charge on any atom is -0.363 e. The number of rotatable bonds is 6. The number of nitrogens with one attached hydrogen (secondary N) is 1. The van der Waals surface area contributed by atoms with Crippen LogP contribution < -0.4 is 10.2 Å². The van der Waals surface area contributed by atoms with Crippen molar-refractivity contribution in [3.05, 3.63) is 53.4 Å². The molecule has 0 atom stereocenters. The van der Waals surface area contributed by atoms with Gasteiger partial charge in [0, 0.05) is 63.9 Å². The quantitative estimate of drug-likeness (QED) is 0.716. The Morgan fingerprint density at radius 2 is 1.88 bits per heavy atom. The molecule has 3 aromatic heterocycles. The zero-order valence-corrected chi connectivity index (χ0v) is 16.7. The van der Waals surface area contributed by atoms with E-state index < -0.39 is 0 Å². The number of nitrogens with zero attached hydrogens (tertiary/aromatic N) is 6. The highest BCUT2D eigenvalue weighted by Crippen LogP contribution is 2.21. The minimum atomic E-state index is 0. The Morgan fingerprint density at radius 1 is 1.12 bits per heavy atom. The predicted octanol–water partition coefficient (Wildman–Crippen LogP) is 2.40. The molecule has 1 N–H and O–H groups in total. The molecule has 0 spiro atoms. The molecule has 0 aliphatic heterocycles. The van der Waals surface area contributed by atoms with Crippen LogP contribution in [0.2, 0.25) is 0 Å². The van der Waals surface area contributed by atoms with Crippen LogP contribution in [0.5, 0.6) is 0 Å². The van der Waals surface area contributed by atoms with Gasteiger partial charge in [0.25, 0.3) is 0 Å². The second kappa shape index (κ2) is 8.33. The average molecular weight is 376 g/mol. The van der Waals surface area contributed by atoms with Gasteiger partial charge in [0.05, 0.1) is 5.69 Å². The Bertz CT molecular complexity index is 866. The summed E-state index contributed by atoms with van der Waals surface area (Å²) in [5.74, 6) is 2.97. The molecule has 3 heterocycles. The maximum atomic E-state index is 4.54. The second-order valence-corrected chi connectivity index (χ2v) is 6.34. The molecule has 0 unspecified atom stereocenters. The van der Waals surface area contributed by atoms with Crippen LogP contribution in [0.1, 0.15) is 22.6 Å². The first kappa shape index (κ1) is 19.9. The minimum absolute atomic E-state index is 0. The molecule has 140 valence electrons. The van der Waals surface area contributed by atoms with Gasteiger partial charge in [-0.15, -0.1) is 12.4 Å². The highest BCUT2D eigenvalue weighted by molar-refractivity contribution is 5.85. The lowest BCUT2D eigenvalue weighted by Gasteiger charge is -2.16. The molecule has 3 rings (SSSR count). The number of aryl methyl sites for hydroxylation is 3. The van der Waals surface area contributed by atoms with Crippen molar-refractivity contribution in [3.8, 4) is 5.82 Å². The normalized spacial score (nSPS) is 10.7. The van der Waals surface area contributed by atoms with Crippen LogP contribution in [0.3, 0.4) is 0 Å². The van der Waals surface area contributed by atoms with Crippen LogP contribution in [-0.2, 0) is 20.1 Å². The summed E-state index contributed by atoms with van der Waals surface area (Å²) in [6.07, 6.45) is 5.55. The molecule has 0 bridgehead atoms. The zero-order valence-electron chi connectivity index (χ0n) is 15.9. The fourth-order valence-corrected chi connectivity index (χ4v) is 3.17. The van der Waals surface area contributed by atoms with E-state index in [0.29, 0.717) is 0 Å². The third kappa shape index (κ3) is 3.89. The van der Waals surface area contributed by atoms with Crippen molar-refractivity contribution in [2.75, 3.05) is 19.0 Å². The molecule has 0 saturated carbocycles. The topological polar surface area (TPSA) is 63.8 Å². The number of hydrogen-bond acceptors (Lipinski definition) is 5. The van der Waals surface area contributed by atoms with Gasteiger partial charge in [-0.25, -0.2) is 9.97 Å². The highest BCUT2D eigenvalue weighted by atomic mass is 35.5. The molecule has 3 aromatic rings. The standard InChI is InChI=1S/C18H25N7.ClH/c1-13-16(18(23(3)4)24(5)22-13)12-19-11-15-7-6-8-21-17(15)25-10-9-20-14(25)2;/h6-10,19H,11-12H2,1-5H3;1H. The number of hydrogen-bond donors (Lipinski definition) is 1. The van der Waals surface area contributed by atoms with Gasteiger partial charge in [-0.1, -0.05) is 6.07 Å². The fraction of sp³-hybridized carbons (Fsp3) is 0.389. The molecule has 8 heteroatoms. The molecule has 0 aromatic carbocycles. The molecule has 0 radical (unpaired) electrons. The van der Waals surface area contributed by atoms with E-state index in [1.165, 1.54) is 5.56 Å². The van der Waals surface area contributed by atoms with E-state index in [1.807, 2.05) is 62.7 Å². The Morgan fingerprint density at radius 3 is 2.54 bits per heavy atom. The van der Waals surface area contributed by atoms with Gasteiger partial charge in [-0.3, -0.25) is 9.25 Å². The van der Waals surface area contributed by atoms with Crippen molar-refractivity contribution < 1.29 is 0 Å². The lowest BCUT2D eigenvalue weighted by molar-refractivity contribution is 0.681. The molecule has 26 heavy (non-hydrogen) atoms. The molecule has 7 nitrogen and oxygen atoms in total. The zero-order chi connectivity index (χ0) is 18.0. The van der Waals surface area contributed by atoms with Crippen molar-refractivity contribution in [3.63, 3.8) is 0 Å². The smallest absolute Gasteiger partial charge is 0.142 e. The molecule has 0 amide bonds. The maximum Gasteiger partial charge on any atom is 0.142 e. The largest absolute Gasteiger partial charge is 0.363 e. The monoisotopic (exact) mass is 375 g/mol. The highest BCUT2D eigenvalue weighted by Gasteiger charge is 2.15. The van der Waals surface area contributed by atoms with Crippen LogP contribution in [0.25, 0.3) is 5.82 Å². The van der Waals surface area contributed by atoms with E-state index in [0.717, 1.165) is 41.8 Å². The molecule has 0 fully saturated rings. The molecule has 0 aliphatic rings. The molecular weight excluding hydrogens is 350 g/mol. The Hall–Kier alpha value is -2.38. The van der Waals surface area contributed by atoms with Crippen molar-refractivity contribution in [1.82, 2.24) is 29.6 Å². The van der Waals surface area contributed by atoms with E-state index in [9.17, 15) is 0 Å². The first-order valence-electron chi connectivity index (χ1n) is 8.33. The van der Waals surface area contributed by atoms with Gasteiger partial charge in [0.2, 0.25) is 0 Å².